The number of alkyl halides is 8. The number of rotatable bonds is 6. The topological polar surface area (TPSA) is 39.2 Å². The summed E-state index contributed by atoms with van der Waals surface area (Å²) in [7, 11) is 0. The van der Waals surface area contributed by atoms with E-state index in [1.54, 1.807) is 0 Å². The Balaban J connectivity index is 2.85. The average Bonchev–Trinajstić information content (AvgIpc) is 2.45. The van der Waals surface area contributed by atoms with Gasteiger partial charge in [-0.15, -0.1) is 0 Å². The first kappa shape index (κ1) is 18.1. The normalized spacial score (nSPS) is 13.3. The van der Waals surface area contributed by atoms with E-state index in [9.17, 15) is 39.9 Å². The van der Waals surface area contributed by atoms with Gasteiger partial charge in [0, 0.05) is 12.4 Å². The predicted octanol–water partition coefficient (Wildman–Crippen LogP) is 3.41. The molecular formula is C11H7F8NO2. The summed E-state index contributed by atoms with van der Waals surface area (Å²) in [5.41, 5.74) is -0.415. The van der Waals surface area contributed by atoms with Gasteiger partial charge in [0.05, 0.1) is 5.56 Å². The van der Waals surface area contributed by atoms with Gasteiger partial charge in [-0.25, -0.2) is 13.6 Å². The number of aromatic nitrogens is 1. The van der Waals surface area contributed by atoms with E-state index in [1.165, 1.54) is 12.3 Å². The van der Waals surface area contributed by atoms with Crippen molar-refractivity contribution in [1.82, 2.24) is 4.98 Å². The van der Waals surface area contributed by atoms with Crippen molar-refractivity contribution in [3.63, 3.8) is 0 Å². The van der Waals surface area contributed by atoms with Crippen LogP contribution in [0.2, 0.25) is 0 Å². The van der Waals surface area contributed by atoms with E-state index in [0.29, 0.717) is 0 Å². The number of halogens is 8. The Hall–Kier alpha value is -1.94. The molecule has 0 N–H and O–H groups in total. The highest BCUT2D eigenvalue weighted by Crippen LogP contribution is 2.48. The number of hydrogen-bond acceptors (Lipinski definition) is 3. The van der Waals surface area contributed by atoms with Gasteiger partial charge in [0.15, 0.2) is 6.61 Å². The molecule has 1 aromatic heterocycles. The van der Waals surface area contributed by atoms with Crippen molar-refractivity contribution in [2.75, 3.05) is 6.61 Å². The molecule has 0 aliphatic heterocycles. The molecule has 0 aromatic carbocycles. The van der Waals surface area contributed by atoms with E-state index >= 15 is 0 Å². The zero-order chi connectivity index (χ0) is 17.2. The van der Waals surface area contributed by atoms with Gasteiger partial charge < -0.3 is 4.74 Å². The molecule has 1 heterocycles. The van der Waals surface area contributed by atoms with Crippen LogP contribution in [0.1, 0.15) is 10.4 Å². The molecule has 0 bridgehead atoms. The second kappa shape index (κ2) is 6.05. The Morgan fingerprint density at radius 3 is 2.23 bits per heavy atom. The first-order chi connectivity index (χ1) is 9.93. The van der Waals surface area contributed by atoms with E-state index in [4.69, 9.17) is 0 Å². The fraction of sp³-hybridized carbons (Fsp3) is 0.455. The third-order valence-corrected chi connectivity index (χ3v) is 2.43. The summed E-state index contributed by atoms with van der Waals surface area (Å²) in [6.45, 7) is -2.50. The van der Waals surface area contributed by atoms with Gasteiger partial charge in [-0.05, 0) is 12.1 Å². The maximum Gasteiger partial charge on any atom is 0.381 e. The molecule has 0 atom stereocenters. The zero-order valence-corrected chi connectivity index (χ0v) is 10.4. The van der Waals surface area contributed by atoms with Crippen LogP contribution in [-0.4, -0.2) is 41.8 Å². The molecular weight excluding hydrogens is 330 g/mol. The fourth-order valence-electron chi connectivity index (χ4n) is 1.19. The van der Waals surface area contributed by atoms with Gasteiger partial charge in [0.2, 0.25) is 0 Å². The molecule has 124 valence electrons. The van der Waals surface area contributed by atoms with Gasteiger partial charge in [-0.3, -0.25) is 4.98 Å². The van der Waals surface area contributed by atoms with E-state index in [1.807, 2.05) is 0 Å². The van der Waals surface area contributed by atoms with Crippen LogP contribution in [0.15, 0.2) is 24.5 Å². The van der Waals surface area contributed by atoms with Crippen LogP contribution in [0.5, 0.6) is 0 Å². The first-order valence-corrected chi connectivity index (χ1v) is 5.42. The standard InChI is InChI=1S/C11H7F8NO2/c12-8(13)10(16,17)11(18,19)9(14,15)5-22-7(21)6-2-1-3-20-4-6/h1-4,8H,5H2. The summed E-state index contributed by atoms with van der Waals surface area (Å²) >= 11 is 0. The summed E-state index contributed by atoms with van der Waals surface area (Å²) in [6, 6.07) is 2.22. The van der Waals surface area contributed by atoms with Gasteiger partial charge in [0.25, 0.3) is 0 Å². The van der Waals surface area contributed by atoms with Crippen LogP contribution in [0.25, 0.3) is 0 Å². The molecule has 0 aliphatic carbocycles. The van der Waals surface area contributed by atoms with Crippen LogP contribution < -0.4 is 0 Å². The summed E-state index contributed by atoms with van der Waals surface area (Å²) < 4.78 is 104. The maximum absolute atomic E-state index is 13.1. The monoisotopic (exact) mass is 337 g/mol. The van der Waals surface area contributed by atoms with Crippen molar-refractivity contribution in [2.24, 2.45) is 0 Å². The molecule has 0 unspecified atom stereocenters. The predicted molar refractivity (Wildman–Crippen MR) is 55.4 cm³/mol. The van der Waals surface area contributed by atoms with Crippen molar-refractivity contribution in [1.29, 1.82) is 0 Å². The van der Waals surface area contributed by atoms with Crippen LogP contribution in [0.4, 0.5) is 35.1 Å². The lowest BCUT2D eigenvalue weighted by Gasteiger charge is -2.31. The van der Waals surface area contributed by atoms with Gasteiger partial charge in [-0.2, -0.15) is 26.3 Å². The molecule has 0 saturated carbocycles. The smallest absolute Gasteiger partial charge is 0.381 e. The second-order valence-electron chi connectivity index (χ2n) is 4.02. The lowest BCUT2D eigenvalue weighted by molar-refractivity contribution is -0.343. The highest BCUT2D eigenvalue weighted by Gasteiger charge is 2.75. The number of carbonyl (C=O) groups is 1. The Morgan fingerprint density at radius 1 is 1.18 bits per heavy atom. The molecule has 0 saturated heterocycles. The average molecular weight is 337 g/mol. The van der Waals surface area contributed by atoms with E-state index in [2.05, 4.69) is 9.72 Å². The summed E-state index contributed by atoms with van der Waals surface area (Å²) in [4.78, 5) is 14.6. The third kappa shape index (κ3) is 3.28. The molecule has 22 heavy (non-hydrogen) atoms. The number of hydrogen-bond donors (Lipinski definition) is 0. The van der Waals surface area contributed by atoms with Crippen molar-refractivity contribution < 1.29 is 44.7 Å². The molecule has 1 aromatic rings. The number of nitrogens with zero attached hydrogens (tertiary/aromatic N) is 1. The van der Waals surface area contributed by atoms with Gasteiger partial charge >= 0.3 is 30.2 Å². The van der Waals surface area contributed by atoms with E-state index < -0.39 is 42.3 Å². The van der Waals surface area contributed by atoms with Crippen LogP contribution >= 0.6 is 0 Å². The summed E-state index contributed by atoms with van der Waals surface area (Å²) in [6.07, 6.45) is -2.99. The quantitative estimate of drug-likeness (QED) is 0.590. The van der Waals surface area contributed by atoms with Crippen LogP contribution in [0.3, 0.4) is 0 Å². The summed E-state index contributed by atoms with van der Waals surface area (Å²) in [5, 5.41) is 0. The number of pyridine rings is 1. The maximum atomic E-state index is 13.1. The summed E-state index contributed by atoms with van der Waals surface area (Å²) in [5.74, 6) is -20.0. The minimum Gasteiger partial charge on any atom is -0.455 e. The van der Waals surface area contributed by atoms with Crippen LogP contribution in [-0.2, 0) is 4.74 Å². The Kier molecular flexibility index (Phi) is 4.98. The molecule has 0 radical (unpaired) electrons. The molecule has 0 amide bonds. The van der Waals surface area contributed by atoms with Gasteiger partial charge in [-0.1, -0.05) is 0 Å². The first-order valence-electron chi connectivity index (χ1n) is 5.42. The molecule has 0 aliphatic rings. The van der Waals surface area contributed by atoms with E-state index in [0.717, 1.165) is 12.3 Å². The molecule has 3 nitrogen and oxygen atoms in total. The Labute approximate surface area is 117 Å². The molecule has 1 rings (SSSR count). The minimum absolute atomic E-state index is 0.415. The number of ether oxygens (including phenoxy) is 1. The minimum atomic E-state index is -6.41. The number of carbonyl (C=O) groups excluding carboxylic acids is 1. The second-order valence-corrected chi connectivity index (χ2v) is 4.02. The van der Waals surface area contributed by atoms with Crippen molar-refractivity contribution >= 4 is 5.97 Å². The highest BCUT2D eigenvalue weighted by molar-refractivity contribution is 5.88. The van der Waals surface area contributed by atoms with Gasteiger partial charge in [0.1, 0.15) is 0 Å². The highest BCUT2D eigenvalue weighted by atomic mass is 19.4. The van der Waals surface area contributed by atoms with E-state index in [-0.39, 0.29) is 0 Å². The third-order valence-electron chi connectivity index (χ3n) is 2.43. The van der Waals surface area contributed by atoms with Crippen molar-refractivity contribution in [3.05, 3.63) is 30.1 Å². The molecule has 11 heteroatoms. The Morgan fingerprint density at radius 2 is 1.77 bits per heavy atom. The SMILES string of the molecule is O=C(OCC(F)(F)C(F)(F)C(F)(F)C(F)F)c1cccnc1. The van der Waals surface area contributed by atoms with Crippen molar-refractivity contribution in [2.45, 2.75) is 24.2 Å². The largest absolute Gasteiger partial charge is 0.455 e. The fourth-order valence-corrected chi connectivity index (χ4v) is 1.19. The molecule has 0 fully saturated rings. The Bertz CT molecular complexity index is 520. The van der Waals surface area contributed by atoms with Crippen molar-refractivity contribution in [3.8, 4) is 0 Å². The number of esters is 1. The van der Waals surface area contributed by atoms with Crippen LogP contribution in [0, 0.1) is 0 Å². The lowest BCUT2D eigenvalue weighted by atomic mass is 10.1. The lowest BCUT2D eigenvalue weighted by Crippen LogP contribution is -2.59. The zero-order valence-electron chi connectivity index (χ0n) is 10.4. The molecule has 0 spiro atoms.